The quantitative estimate of drug-likeness (QED) is 0.327. The second-order valence-corrected chi connectivity index (χ2v) is 8.79. The van der Waals surface area contributed by atoms with Crippen molar-refractivity contribution in [3.8, 4) is 22.6 Å². The predicted octanol–water partition coefficient (Wildman–Crippen LogP) is 5.53. The molecule has 5 rings (SSSR count). The van der Waals surface area contributed by atoms with Gasteiger partial charge in [-0.1, -0.05) is 49.4 Å². The number of methoxy groups -OCH3 is 1. The van der Waals surface area contributed by atoms with Crippen LogP contribution in [0.5, 0.6) is 11.5 Å². The molecule has 1 aliphatic rings. The number of hydrogen-bond acceptors (Lipinski definition) is 5. The summed E-state index contributed by atoms with van der Waals surface area (Å²) in [5.74, 6) is 1.54. The van der Waals surface area contributed by atoms with E-state index in [0.29, 0.717) is 23.3 Å². The molecule has 1 aliphatic heterocycles. The van der Waals surface area contributed by atoms with Crippen LogP contribution in [0.3, 0.4) is 0 Å². The topological polar surface area (TPSA) is 51.9 Å². The summed E-state index contributed by atoms with van der Waals surface area (Å²) >= 11 is 0. The minimum absolute atomic E-state index is 0.264. The Bertz CT molecular complexity index is 1320. The van der Waals surface area contributed by atoms with E-state index in [9.17, 15) is 4.79 Å². The molecule has 0 radical (unpaired) electrons. The molecule has 0 aliphatic carbocycles. The van der Waals surface area contributed by atoms with Crippen molar-refractivity contribution in [3.05, 3.63) is 94.3 Å². The molecule has 0 atom stereocenters. The zero-order valence-electron chi connectivity index (χ0n) is 19.6. The Morgan fingerprint density at radius 1 is 0.971 bits per heavy atom. The van der Waals surface area contributed by atoms with Gasteiger partial charge in [0.25, 0.3) is 0 Å². The van der Waals surface area contributed by atoms with Crippen molar-refractivity contribution in [1.82, 2.24) is 4.90 Å². The molecule has 0 bridgehead atoms. The normalized spacial score (nSPS) is 14.2. The Morgan fingerprint density at radius 3 is 2.41 bits per heavy atom. The number of ether oxygens (including phenoxy) is 2. The molecular formula is C29H29NO4. The van der Waals surface area contributed by atoms with E-state index < -0.39 is 0 Å². The molecule has 0 amide bonds. The van der Waals surface area contributed by atoms with Crippen molar-refractivity contribution in [2.24, 2.45) is 0 Å². The second kappa shape index (κ2) is 9.74. The van der Waals surface area contributed by atoms with E-state index in [-0.39, 0.29) is 11.7 Å². The maximum atomic E-state index is 13.1. The molecular weight excluding hydrogens is 426 g/mol. The summed E-state index contributed by atoms with van der Waals surface area (Å²) in [6.07, 6.45) is 2.04. The molecule has 174 valence electrons. The first kappa shape index (κ1) is 22.2. The summed E-state index contributed by atoms with van der Waals surface area (Å²) in [5, 5.41) is 0.907. The summed E-state index contributed by atoms with van der Waals surface area (Å²) in [6.45, 7) is 5.32. The average Bonchev–Trinajstić information content (AvgIpc) is 2.84. The van der Waals surface area contributed by atoms with Gasteiger partial charge in [-0.2, -0.15) is 0 Å². The van der Waals surface area contributed by atoms with Crippen molar-refractivity contribution >= 4 is 11.0 Å². The van der Waals surface area contributed by atoms with Crippen LogP contribution >= 0.6 is 0 Å². The number of hydrogen-bond donors (Lipinski definition) is 0. The highest BCUT2D eigenvalue weighted by atomic mass is 16.5. The molecule has 5 nitrogen and oxygen atoms in total. The number of likely N-dealkylation sites (tertiary alicyclic amines) is 1. The SMILES string of the molecule is CCCN1CC(Oc2ccc(Cc3c(-c4ccccc4)c(=O)oc4cc(OC)ccc34)cc2)C1. The maximum Gasteiger partial charge on any atom is 0.344 e. The van der Waals surface area contributed by atoms with Crippen molar-refractivity contribution < 1.29 is 13.9 Å². The summed E-state index contributed by atoms with van der Waals surface area (Å²) in [4.78, 5) is 15.5. The van der Waals surface area contributed by atoms with Crippen molar-refractivity contribution in [2.75, 3.05) is 26.7 Å². The zero-order valence-corrected chi connectivity index (χ0v) is 19.6. The number of rotatable bonds is 8. The van der Waals surface area contributed by atoms with Crippen molar-refractivity contribution in [3.63, 3.8) is 0 Å². The largest absolute Gasteiger partial charge is 0.497 e. The van der Waals surface area contributed by atoms with Crippen molar-refractivity contribution in [1.29, 1.82) is 0 Å². The van der Waals surface area contributed by atoms with Crippen LogP contribution in [-0.4, -0.2) is 37.7 Å². The first-order valence-corrected chi connectivity index (χ1v) is 11.8. The highest BCUT2D eigenvalue weighted by molar-refractivity contribution is 5.88. The summed E-state index contributed by atoms with van der Waals surface area (Å²) in [5.41, 5.74) is 3.69. The van der Waals surface area contributed by atoms with Gasteiger partial charge < -0.3 is 13.9 Å². The van der Waals surface area contributed by atoms with Gasteiger partial charge in [-0.25, -0.2) is 4.79 Å². The van der Waals surface area contributed by atoms with E-state index in [4.69, 9.17) is 13.9 Å². The van der Waals surface area contributed by atoms with Crippen LogP contribution in [0.2, 0.25) is 0 Å². The van der Waals surface area contributed by atoms with Gasteiger partial charge in [0.05, 0.1) is 12.7 Å². The lowest BCUT2D eigenvalue weighted by atomic mass is 9.93. The Balaban J connectivity index is 1.46. The summed E-state index contributed by atoms with van der Waals surface area (Å²) in [6, 6.07) is 23.6. The van der Waals surface area contributed by atoms with Crippen LogP contribution in [0.4, 0.5) is 0 Å². The van der Waals surface area contributed by atoms with Gasteiger partial charge in [-0.05, 0) is 60.3 Å². The average molecular weight is 456 g/mol. The smallest absolute Gasteiger partial charge is 0.344 e. The van der Waals surface area contributed by atoms with Gasteiger partial charge >= 0.3 is 5.63 Å². The second-order valence-electron chi connectivity index (χ2n) is 8.79. The third-order valence-corrected chi connectivity index (χ3v) is 6.36. The zero-order chi connectivity index (χ0) is 23.5. The van der Waals surface area contributed by atoms with Crippen LogP contribution in [0.15, 0.2) is 82.0 Å². The monoisotopic (exact) mass is 455 g/mol. The minimum Gasteiger partial charge on any atom is -0.497 e. The van der Waals surface area contributed by atoms with Crippen LogP contribution in [0.1, 0.15) is 24.5 Å². The number of nitrogens with zero attached hydrogens (tertiary/aromatic N) is 1. The molecule has 5 heteroatoms. The van der Waals surface area contributed by atoms with Gasteiger partial charge in [-0.3, -0.25) is 4.90 Å². The molecule has 1 aromatic heterocycles. The molecule has 0 saturated carbocycles. The first-order valence-electron chi connectivity index (χ1n) is 11.8. The lowest BCUT2D eigenvalue weighted by molar-refractivity contribution is 0.0202. The van der Waals surface area contributed by atoms with Crippen LogP contribution in [0, 0.1) is 0 Å². The fourth-order valence-corrected chi connectivity index (χ4v) is 4.63. The molecule has 0 N–H and O–H groups in total. The van der Waals surface area contributed by atoms with Gasteiger partial charge in [0.15, 0.2) is 0 Å². The van der Waals surface area contributed by atoms with E-state index in [1.54, 1.807) is 13.2 Å². The fourth-order valence-electron chi connectivity index (χ4n) is 4.63. The number of fused-ring (bicyclic) bond motifs is 1. The molecule has 3 aromatic carbocycles. The maximum absolute atomic E-state index is 13.1. The van der Waals surface area contributed by atoms with E-state index in [2.05, 4.69) is 24.0 Å². The Labute approximate surface area is 199 Å². The van der Waals surface area contributed by atoms with Gasteiger partial charge in [0.2, 0.25) is 0 Å². The number of benzene rings is 3. The Morgan fingerprint density at radius 2 is 1.71 bits per heavy atom. The minimum atomic E-state index is -0.344. The molecule has 34 heavy (non-hydrogen) atoms. The summed E-state index contributed by atoms with van der Waals surface area (Å²) < 4.78 is 17.2. The van der Waals surface area contributed by atoms with Crippen LogP contribution in [-0.2, 0) is 6.42 Å². The van der Waals surface area contributed by atoms with E-state index in [0.717, 1.165) is 47.5 Å². The van der Waals surface area contributed by atoms with Gasteiger partial charge in [0, 0.05) is 24.5 Å². The first-order chi connectivity index (χ1) is 16.6. The Kier molecular flexibility index (Phi) is 6.37. The van der Waals surface area contributed by atoms with Crippen molar-refractivity contribution in [2.45, 2.75) is 25.9 Å². The predicted molar refractivity (Wildman–Crippen MR) is 135 cm³/mol. The highest BCUT2D eigenvalue weighted by Gasteiger charge is 2.27. The molecule has 4 aromatic rings. The molecule has 0 unspecified atom stereocenters. The van der Waals surface area contributed by atoms with Gasteiger partial charge in [0.1, 0.15) is 23.2 Å². The molecule has 2 heterocycles. The van der Waals surface area contributed by atoms with E-state index >= 15 is 0 Å². The fraction of sp³-hybridized carbons (Fsp3) is 0.276. The summed E-state index contributed by atoms with van der Waals surface area (Å²) in [7, 11) is 1.60. The van der Waals surface area contributed by atoms with Crippen LogP contribution in [0.25, 0.3) is 22.1 Å². The van der Waals surface area contributed by atoms with E-state index in [1.807, 2.05) is 54.6 Å². The highest BCUT2D eigenvalue weighted by Crippen LogP contribution is 2.32. The third kappa shape index (κ3) is 4.57. The molecule has 0 spiro atoms. The van der Waals surface area contributed by atoms with Crippen LogP contribution < -0.4 is 15.1 Å². The lowest BCUT2D eigenvalue weighted by Gasteiger charge is -2.38. The molecule has 1 saturated heterocycles. The van der Waals surface area contributed by atoms with Gasteiger partial charge in [-0.15, -0.1) is 0 Å². The third-order valence-electron chi connectivity index (χ3n) is 6.36. The van der Waals surface area contributed by atoms with E-state index in [1.165, 1.54) is 6.42 Å². The Hall–Kier alpha value is -3.57. The lowest BCUT2D eigenvalue weighted by Crippen LogP contribution is -2.53. The molecule has 1 fully saturated rings. The standard InChI is InChI=1S/C29H29NO4/c1-3-15-30-18-24(19-30)33-22-11-9-20(10-12-22)16-26-25-14-13-23(32-2)17-27(25)34-29(31)28(26)21-7-5-4-6-8-21/h4-14,17,24H,3,15-16,18-19H2,1-2H3.